The van der Waals surface area contributed by atoms with E-state index in [4.69, 9.17) is 0 Å². The van der Waals surface area contributed by atoms with Gasteiger partial charge >= 0.3 is 0 Å². The lowest BCUT2D eigenvalue weighted by Gasteiger charge is -2.26. The van der Waals surface area contributed by atoms with E-state index < -0.39 is 0 Å². The Bertz CT molecular complexity index is 3600. The van der Waals surface area contributed by atoms with Crippen LogP contribution in [0.3, 0.4) is 0 Å². The normalized spacial score (nSPS) is 11.2. The zero-order valence-corrected chi connectivity index (χ0v) is 45.9. The minimum Gasteiger partial charge on any atom is -0.310 e. The van der Waals surface area contributed by atoms with Gasteiger partial charge in [0.25, 0.3) is 0 Å². The molecule has 0 saturated heterocycles. The van der Waals surface area contributed by atoms with Crippen molar-refractivity contribution in [2.24, 2.45) is 0 Å². The topological polar surface area (TPSA) is 6.48 Å². The van der Waals surface area contributed by atoms with Crippen molar-refractivity contribution in [2.75, 3.05) is 9.80 Å². The van der Waals surface area contributed by atoms with Gasteiger partial charge in [-0.1, -0.05) is 231 Å². The highest BCUT2D eigenvalue weighted by atomic mass is 15.1. The van der Waals surface area contributed by atoms with Crippen LogP contribution in [0.1, 0.15) is 77.9 Å². The molecule has 0 atom stereocenters. The van der Waals surface area contributed by atoms with E-state index in [1.807, 2.05) is 0 Å². The summed E-state index contributed by atoms with van der Waals surface area (Å²) < 4.78 is 0. The third kappa shape index (κ3) is 12.5. The van der Waals surface area contributed by atoms with Crippen LogP contribution in [0.25, 0.3) is 47.6 Å². The summed E-state index contributed by atoms with van der Waals surface area (Å²) in [6, 6.07) is 100. The fraction of sp³-hybridized carbons (Fsp3) is 0.0513. The molecule has 2 nitrogen and oxygen atoms in total. The number of aryl methyl sites for hydroxylation is 4. The Hall–Kier alpha value is -10.0. The summed E-state index contributed by atoms with van der Waals surface area (Å²) in [7, 11) is 0. The molecule has 11 aromatic rings. The first-order valence-corrected chi connectivity index (χ1v) is 27.5. The van der Waals surface area contributed by atoms with Gasteiger partial charge in [0.05, 0.1) is 0 Å². The molecule has 0 heterocycles. The summed E-state index contributed by atoms with van der Waals surface area (Å²) in [6.07, 6.45) is 13.3. The van der Waals surface area contributed by atoms with Crippen LogP contribution in [0.2, 0.25) is 0 Å². The van der Waals surface area contributed by atoms with E-state index in [2.05, 4.69) is 353 Å². The number of nitrogens with zero attached hydrogens (tertiary/aromatic N) is 2. The van der Waals surface area contributed by atoms with Gasteiger partial charge in [-0.15, -0.1) is 0 Å². The number of anilines is 6. The molecule has 0 amide bonds. The molecule has 11 aromatic carbocycles. The summed E-state index contributed by atoms with van der Waals surface area (Å²) in [4.78, 5) is 4.69. The van der Waals surface area contributed by atoms with E-state index in [0.717, 1.165) is 67.5 Å². The molecule has 0 aliphatic rings. The summed E-state index contributed by atoms with van der Waals surface area (Å²) in [6.45, 7) is 8.71. The third-order valence-electron chi connectivity index (χ3n) is 14.9. The second-order valence-corrected chi connectivity index (χ2v) is 20.5. The Morgan fingerprint density at radius 2 is 0.450 bits per heavy atom. The molecule has 0 saturated carbocycles. The molecule has 0 fully saturated rings. The van der Waals surface area contributed by atoms with Crippen molar-refractivity contribution < 1.29 is 0 Å². The highest BCUT2D eigenvalue weighted by Gasteiger charge is 2.16. The Balaban J connectivity index is 0.779. The lowest BCUT2D eigenvalue weighted by atomic mass is 9.95. The van der Waals surface area contributed by atoms with Gasteiger partial charge in [0.1, 0.15) is 0 Å². The van der Waals surface area contributed by atoms with Gasteiger partial charge in [-0.05, 0) is 202 Å². The van der Waals surface area contributed by atoms with Gasteiger partial charge in [-0.3, -0.25) is 0 Å². The fourth-order valence-electron chi connectivity index (χ4n) is 10.1. The van der Waals surface area contributed by atoms with Gasteiger partial charge < -0.3 is 9.80 Å². The maximum Gasteiger partial charge on any atom is 0.0464 e. The molecular formula is C78H64N2. The van der Waals surface area contributed by atoms with Crippen LogP contribution in [0.4, 0.5) is 34.1 Å². The quantitative estimate of drug-likeness (QED) is 0.0890. The standard InChI is InChI=1S/C78H64N2/c1-57-25-43-75(53-59(57)3)79(73-49-39-65(40-50-73)55-77(67-17-9-5-10-18-67)68-19-11-6-12-20-68)71-45-35-63(36-46-71)33-31-61-27-29-62(30-28-61)32-34-64-37-47-72(48-38-64)80(76-44-26-58(2)60(4)54-76)74-51-41-66(42-52-74)56-78(69-21-13-7-14-22-69)70-23-15-8-16-24-70/h5-56H,1-4H3. The molecule has 0 N–H and O–H groups in total. The van der Waals surface area contributed by atoms with Crippen molar-refractivity contribution in [1.82, 2.24) is 0 Å². The van der Waals surface area contributed by atoms with E-state index in [-0.39, 0.29) is 0 Å². The zero-order chi connectivity index (χ0) is 54.6. The molecular weight excluding hydrogens is 965 g/mol. The summed E-state index contributed by atoms with van der Waals surface area (Å²) in [5.41, 5.74) is 25.8. The average Bonchev–Trinajstić information content (AvgIpc) is 3.52. The van der Waals surface area contributed by atoms with Crippen LogP contribution < -0.4 is 9.80 Å². The van der Waals surface area contributed by atoms with Crippen LogP contribution in [0.15, 0.2) is 279 Å². The molecule has 11 rings (SSSR count). The highest BCUT2D eigenvalue weighted by Crippen LogP contribution is 2.39. The Kier molecular flexibility index (Phi) is 16.0. The fourth-order valence-corrected chi connectivity index (χ4v) is 10.1. The number of hydrogen-bond acceptors (Lipinski definition) is 2. The van der Waals surface area contributed by atoms with Crippen LogP contribution in [-0.2, 0) is 0 Å². The van der Waals surface area contributed by atoms with Gasteiger partial charge in [-0.25, -0.2) is 0 Å². The van der Waals surface area contributed by atoms with Crippen LogP contribution in [0, 0.1) is 27.7 Å². The van der Waals surface area contributed by atoms with Crippen molar-refractivity contribution in [3.8, 4) is 0 Å². The van der Waals surface area contributed by atoms with Gasteiger partial charge in [0.15, 0.2) is 0 Å². The number of hydrogen-bond donors (Lipinski definition) is 0. The highest BCUT2D eigenvalue weighted by molar-refractivity contribution is 5.93. The average molecular weight is 1030 g/mol. The van der Waals surface area contributed by atoms with Gasteiger partial charge in [-0.2, -0.15) is 0 Å². The van der Waals surface area contributed by atoms with E-state index in [0.29, 0.717) is 0 Å². The first-order valence-electron chi connectivity index (χ1n) is 27.5. The first kappa shape index (κ1) is 52.1. The smallest absolute Gasteiger partial charge is 0.0464 e. The van der Waals surface area contributed by atoms with E-state index >= 15 is 0 Å². The van der Waals surface area contributed by atoms with Crippen LogP contribution in [-0.4, -0.2) is 0 Å². The van der Waals surface area contributed by atoms with Crippen LogP contribution in [0.5, 0.6) is 0 Å². The maximum absolute atomic E-state index is 2.34. The Morgan fingerprint density at radius 3 is 0.700 bits per heavy atom. The molecule has 0 bridgehead atoms. The van der Waals surface area contributed by atoms with Crippen molar-refractivity contribution in [1.29, 1.82) is 0 Å². The maximum atomic E-state index is 2.34. The summed E-state index contributed by atoms with van der Waals surface area (Å²) >= 11 is 0. The van der Waals surface area contributed by atoms with Crippen molar-refractivity contribution in [3.05, 3.63) is 357 Å². The van der Waals surface area contributed by atoms with Crippen molar-refractivity contribution in [3.63, 3.8) is 0 Å². The Labute approximate surface area is 473 Å². The molecule has 2 heteroatoms. The molecule has 386 valence electrons. The first-order chi connectivity index (χ1) is 39.3. The second-order valence-electron chi connectivity index (χ2n) is 20.5. The predicted octanol–water partition coefficient (Wildman–Crippen LogP) is 21.4. The molecule has 0 radical (unpaired) electrons. The Morgan fingerprint density at radius 1 is 0.225 bits per heavy atom. The minimum atomic E-state index is 1.10. The number of benzene rings is 11. The monoisotopic (exact) mass is 1030 g/mol. The number of rotatable bonds is 16. The lowest BCUT2D eigenvalue weighted by molar-refractivity contribution is 1.25. The largest absolute Gasteiger partial charge is 0.310 e. The molecule has 80 heavy (non-hydrogen) atoms. The molecule has 0 aliphatic carbocycles. The van der Waals surface area contributed by atoms with Crippen molar-refractivity contribution in [2.45, 2.75) is 27.7 Å². The van der Waals surface area contributed by atoms with E-state index in [9.17, 15) is 0 Å². The van der Waals surface area contributed by atoms with Gasteiger partial charge in [0.2, 0.25) is 0 Å². The lowest BCUT2D eigenvalue weighted by Crippen LogP contribution is -2.10. The SMILES string of the molecule is Cc1ccc(N(c2ccc(C=Cc3ccc(C=Cc4ccc(N(c5ccc(C=C(c6ccccc6)c6ccccc6)cc5)c5ccc(C)c(C)c5)cc4)cc3)cc2)c2ccc(C=C(c3ccccc3)c3ccccc3)cc2)cc1C. The van der Waals surface area contributed by atoms with Gasteiger partial charge in [0, 0.05) is 34.1 Å². The van der Waals surface area contributed by atoms with Crippen molar-refractivity contribution >= 4 is 81.7 Å². The summed E-state index contributed by atoms with van der Waals surface area (Å²) in [5, 5.41) is 0. The van der Waals surface area contributed by atoms with Crippen LogP contribution >= 0.6 is 0 Å². The van der Waals surface area contributed by atoms with E-state index in [1.54, 1.807) is 0 Å². The second kappa shape index (κ2) is 24.5. The summed E-state index contributed by atoms with van der Waals surface area (Å²) in [5.74, 6) is 0. The third-order valence-corrected chi connectivity index (χ3v) is 14.9. The van der Waals surface area contributed by atoms with E-state index in [1.165, 1.54) is 55.7 Å². The molecule has 0 aromatic heterocycles. The minimum absolute atomic E-state index is 1.10. The molecule has 0 aliphatic heterocycles. The zero-order valence-electron chi connectivity index (χ0n) is 45.9. The predicted molar refractivity (Wildman–Crippen MR) is 345 cm³/mol. The molecule has 0 unspecified atom stereocenters. The molecule has 0 spiro atoms.